The summed E-state index contributed by atoms with van der Waals surface area (Å²) in [5.41, 5.74) is 0. The first-order chi connectivity index (χ1) is 9.11. The standard InChI is InChI=1S/C15H15NO2S/c1-3-8-16(10-15(17)18)11(2)14-9-12-6-4-5-7-13(12)19-14/h1,4-7,9,11H,8,10H2,2H3,(H,17,18). The Kier molecular flexibility index (Phi) is 4.20. The van der Waals surface area contributed by atoms with Crippen LogP contribution in [0.2, 0.25) is 0 Å². The molecule has 0 aliphatic heterocycles. The van der Waals surface area contributed by atoms with E-state index in [1.165, 1.54) is 10.1 Å². The van der Waals surface area contributed by atoms with Gasteiger partial charge in [0.2, 0.25) is 0 Å². The lowest BCUT2D eigenvalue weighted by molar-refractivity contribution is -0.138. The van der Waals surface area contributed by atoms with E-state index in [1.807, 2.05) is 19.1 Å². The van der Waals surface area contributed by atoms with Crippen LogP contribution < -0.4 is 0 Å². The molecule has 1 aromatic carbocycles. The van der Waals surface area contributed by atoms with Gasteiger partial charge in [-0.2, -0.15) is 0 Å². The van der Waals surface area contributed by atoms with Crippen LogP contribution >= 0.6 is 11.3 Å². The van der Waals surface area contributed by atoms with Crippen molar-refractivity contribution in [3.8, 4) is 12.3 Å². The van der Waals surface area contributed by atoms with Crippen LogP contribution in [0.5, 0.6) is 0 Å². The minimum absolute atomic E-state index is 0.00421. The van der Waals surface area contributed by atoms with Crippen molar-refractivity contribution in [2.45, 2.75) is 13.0 Å². The van der Waals surface area contributed by atoms with Gasteiger partial charge in [-0.15, -0.1) is 17.8 Å². The number of carboxylic acids is 1. The summed E-state index contributed by atoms with van der Waals surface area (Å²) in [7, 11) is 0. The average Bonchev–Trinajstić information content (AvgIpc) is 2.80. The fourth-order valence-electron chi connectivity index (χ4n) is 2.01. The summed E-state index contributed by atoms with van der Waals surface area (Å²) in [5.74, 6) is 1.67. The van der Waals surface area contributed by atoms with Crippen LogP contribution in [-0.4, -0.2) is 29.1 Å². The number of fused-ring (bicyclic) bond motifs is 1. The Morgan fingerprint density at radius 3 is 2.89 bits per heavy atom. The molecule has 1 unspecified atom stereocenters. The molecule has 3 nitrogen and oxygen atoms in total. The lowest BCUT2D eigenvalue weighted by Crippen LogP contribution is -2.32. The molecule has 1 atom stereocenters. The molecule has 4 heteroatoms. The fourth-order valence-corrected chi connectivity index (χ4v) is 3.16. The molecule has 0 radical (unpaired) electrons. The topological polar surface area (TPSA) is 40.5 Å². The molecule has 98 valence electrons. The first kappa shape index (κ1) is 13.6. The highest BCUT2D eigenvalue weighted by molar-refractivity contribution is 7.19. The van der Waals surface area contributed by atoms with E-state index in [0.717, 1.165) is 4.88 Å². The third kappa shape index (κ3) is 3.14. The lowest BCUT2D eigenvalue weighted by atomic mass is 10.2. The third-order valence-electron chi connectivity index (χ3n) is 3.04. The largest absolute Gasteiger partial charge is 0.480 e. The molecule has 0 spiro atoms. The maximum Gasteiger partial charge on any atom is 0.317 e. The predicted octanol–water partition coefficient (Wildman–Crippen LogP) is 2.98. The summed E-state index contributed by atoms with van der Waals surface area (Å²) in [4.78, 5) is 13.8. The Labute approximate surface area is 116 Å². The molecule has 2 rings (SSSR count). The Hall–Kier alpha value is -1.83. The molecule has 0 saturated carbocycles. The van der Waals surface area contributed by atoms with Gasteiger partial charge in [0.05, 0.1) is 13.1 Å². The quantitative estimate of drug-likeness (QED) is 0.851. The minimum Gasteiger partial charge on any atom is -0.480 e. The Bertz CT molecular complexity index is 593. The van der Waals surface area contributed by atoms with Crippen molar-refractivity contribution in [3.05, 3.63) is 35.2 Å². The highest BCUT2D eigenvalue weighted by Crippen LogP contribution is 2.32. The number of thiophene rings is 1. The molecule has 0 saturated heterocycles. The molecule has 0 aliphatic carbocycles. The number of benzene rings is 1. The Morgan fingerprint density at radius 1 is 1.53 bits per heavy atom. The number of aliphatic carboxylic acids is 1. The number of nitrogens with zero attached hydrogens (tertiary/aromatic N) is 1. The van der Waals surface area contributed by atoms with Crippen LogP contribution in [0, 0.1) is 12.3 Å². The molecule has 19 heavy (non-hydrogen) atoms. The average molecular weight is 273 g/mol. The van der Waals surface area contributed by atoms with Gasteiger partial charge >= 0.3 is 5.97 Å². The first-order valence-corrected chi connectivity index (χ1v) is 6.81. The van der Waals surface area contributed by atoms with Crippen LogP contribution in [0.1, 0.15) is 17.8 Å². The van der Waals surface area contributed by atoms with Crippen molar-refractivity contribution in [1.29, 1.82) is 0 Å². The van der Waals surface area contributed by atoms with Gasteiger partial charge in [0.25, 0.3) is 0 Å². The van der Waals surface area contributed by atoms with E-state index in [4.69, 9.17) is 11.5 Å². The number of carboxylic acid groups (broad SMARTS) is 1. The second-order valence-electron chi connectivity index (χ2n) is 4.37. The van der Waals surface area contributed by atoms with E-state index < -0.39 is 5.97 Å². The summed E-state index contributed by atoms with van der Waals surface area (Å²) >= 11 is 1.68. The van der Waals surface area contributed by atoms with Gasteiger partial charge < -0.3 is 5.11 Å². The smallest absolute Gasteiger partial charge is 0.317 e. The van der Waals surface area contributed by atoms with Gasteiger partial charge in [-0.25, -0.2) is 0 Å². The van der Waals surface area contributed by atoms with Gasteiger partial charge in [-0.1, -0.05) is 24.1 Å². The van der Waals surface area contributed by atoms with Crippen molar-refractivity contribution in [2.24, 2.45) is 0 Å². The van der Waals surface area contributed by atoms with E-state index in [0.29, 0.717) is 6.54 Å². The fraction of sp³-hybridized carbons (Fsp3) is 0.267. The van der Waals surface area contributed by atoms with E-state index in [9.17, 15) is 4.79 Å². The second kappa shape index (κ2) is 5.87. The maximum atomic E-state index is 10.9. The maximum absolute atomic E-state index is 10.9. The minimum atomic E-state index is -0.858. The highest BCUT2D eigenvalue weighted by atomic mass is 32.1. The van der Waals surface area contributed by atoms with E-state index in [2.05, 4.69) is 24.1 Å². The van der Waals surface area contributed by atoms with E-state index in [-0.39, 0.29) is 12.6 Å². The zero-order valence-electron chi connectivity index (χ0n) is 10.7. The summed E-state index contributed by atoms with van der Waals surface area (Å²) < 4.78 is 1.21. The van der Waals surface area contributed by atoms with Crippen molar-refractivity contribution in [2.75, 3.05) is 13.1 Å². The van der Waals surface area contributed by atoms with Gasteiger partial charge in [-0.3, -0.25) is 9.69 Å². The third-order valence-corrected chi connectivity index (χ3v) is 4.32. The lowest BCUT2D eigenvalue weighted by Gasteiger charge is -2.24. The van der Waals surface area contributed by atoms with E-state index >= 15 is 0 Å². The van der Waals surface area contributed by atoms with Crippen molar-refractivity contribution in [1.82, 2.24) is 4.90 Å². The molecule has 0 aliphatic rings. The molecule has 1 heterocycles. The summed E-state index contributed by atoms with van der Waals surface area (Å²) in [5, 5.41) is 10.1. The Balaban J connectivity index is 2.27. The predicted molar refractivity (Wildman–Crippen MR) is 78.3 cm³/mol. The summed E-state index contributed by atoms with van der Waals surface area (Å²) in [6.07, 6.45) is 5.31. The van der Waals surface area contributed by atoms with Gasteiger partial charge in [-0.05, 0) is 24.4 Å². The Morgan fingerprint density at radius 2 is 2.26 bits per heavy atom. The SMILES string of the molecule is C#CCN(CC(=O)O)C(C)c1cc2ccccc2s1. The van der Waals surface area contributed by atoms with Crippen molar-refractivity contribution >= 4 is 27.4 Å². The number of carbonyl (C=O) groups is 1. The number of hydrogen-bond donors (Lipinski definition) is 1. The molecule has 1 aromatic heterocycles. The molecular weight excluding hydrogens is 258 g/mol. The van der Waals surface area contributed by atoms with Crippen molar-refractivity contribution < 1.29 is 9.90 Å². The highest BCUT2D eigenvalue weighted by Gasteiger charge is 2.19. The summed E-state index contributed by atoms with van der Waals surface area (Å²) in [6, 6.07) is 10.2. The molecule has 0 amide bonds. The van der Waals surface area contributed by atoms with Gasteiger partial charge in [0.1, 0.15) is 0 Å². The van der Waals surface area contributed by atoms with Crippen LogP contribution in [0.25, 0.3) is 10.1 Å². The van der Waals surface area contributed by atoms with Gasteiger partial charge in [0, 0.05) is 15.6 Å². The number of hydrogen-bond acceptors (Lipinski definition) is 3. The monoisotopic (exact) mass is 273 g/mol. The number of terminal acetylenes is 1. The van der Waals surface area contributed by atoms with Crippen LogP contribution in [0.3, 0.4) is 0 Å². The molecule has 0 bridgehead atoms. The molecule has 1 N–H and O–H groups in total. The van der Waals surface area contributed by atoms with Gasteiger partial charge in [0.15, 0.2) is 0 Å². The second-order valence-corrected chi connectivity index (χ2v) is 5.48. The van der Waals surface area contributed by atoms with Crippen molar-refractivity contribution in [3.63, 3.8) is 0 Å². The van der Waals surface area contributed by atoms with Crippen LogP contribution in [0.15, 0.2) is 30.3 Å². The number of rotatable bonds is 5. The normalized spacial score (nSPS) is 12.5. The molecule has 0 fully saturated rings. The van der Waals surface area contributed by atoms with E-state index in [1.54, 1.807) is 16.2 Å². The van der Waals surface area contributed by atoms with Crippen LogP contribution in [-0.2, 0) is 4.79 Å². The molecular formula is C15H15NO2S. The summed E-state index contributed by atoms with van der Waals surface area (Å²) in [6.45, 7) is 2.28. The zero-order chi connectivity index (χ0) is 13.8. The zero-order valence-corrected chi connectivity index (χ0v) is 11.5. The molecule has 2 aromatic rings. The van der Waals surface area contributed by atoms with Crippen LogP contribution in [0.4, 0.5) is 0 Å². The first-order valence-electron chi connectivity index (χ1n) is 5.99.